The van der Waals surface area contributed by atoms with E-state index in [1.807, 2.05) is 6.07 Å². The molecule has 1 atom stereocenters. The third kappa shape index (κ3) is 6.08. The van der Waals surface area contributed by atoms with Crippen molar-refractivity contribution in [3.63, 3.8) is 0 Å². The topological polar surface area (TPSA) is 49.3 Å². The van der Waals surface area contributed by atoms with Gasteiger partial charge in [-0.15, -0.1) is 0 Å². The average Bonchev–Trinajstić information content (AvgIpc) is 2.33. The van der Waals surface area contributed by atoms with Crippen molar-refractivity contribution in [1.82, 2.24) is 5.32 Å². The Balaban J connectivity index is 2.40. The van der Waals surface area contributed by atoms with Crippen molar-refractivity contribution in [3.05, 3.63) is 34.9 Å². The second kappa shape index (κ2) is 6.92. The van der Waals surface area contributed by atoms with Crippen LogP contribution >= 0.6 is 11.6 Å². The Morgan fingerprint density at radius 1 is 1.37 bits per heavy atom. The molecule has 0 fully saturated rings. The van der Waals surface area contributed by atoms with E-state index in [1.54, 1.807) is 18.2 Å². The summed E-state index contributed by atoms with van der Waals surface area (Å²) in [5, 5.41) is 13.2. The van der Waals surface area contributed by atoms with Gasteiger partial charge < -0.3 is 10.4 Å². The monoisotopic (exact) mass is 283 g/mol. The minimum atomic E-state index is -0.771. The Kier molecular flexibility index (Phi) is 5.83. The van der Waals surface area contributed by atoms with Gasteiger partial charge in [-0.25, -0.2) is 0 Å². The molecule has 3 nitrogen and oxygen atoms in total. The van der Waals surface area contributed by atoms with Crippen LogP contribution in [0.25, 0.3) is 0 Å². The molecule has 0 heterocycles. The van der Waals surface area contributed by atoms with E-state index in [4.69, 9.17) is 11.6 Å². The lowest BCUT2D eigenvalue weighted by molar-refractivity contribution is -0.122. The fourth-order valence-electron chi connectivity index (χ4n) is 1.64. The average molecular weight is 284 g/mol. The minimum Gasteiger partial charge on any atom is -0.387 e. The summed E-state index contributed by atoms with van der Waals surface area (Å²) in [5.74, 6) is -0.0407. The van der Waals surface area contributed by atoms with Crippen LogP contribution in [0.3, 0.4) is 0 Å². The van der Waals surface area contributed by atoms with Crippen LogP contribution in [-0.2, 0) is 4.79 Å². The van der Waals surface area contributed by atoms with Gasteiger partial charge in [0.25, 0.3) is 0 Å². The number of nitrogens with one attached hydrogen (secondary N) is 1. The first-order valence-corrected chi connectivity index (χ1v) is 6.86. The molecule has 0 aliphatic rings. The van der Waals surface area contributed by atoms with Crippen molar-refractivity contribution in [2.75, 3.05) is 6.54 Å². The molecule has 1 aromatic rings. The summed E-state index contributed by atoms with van der Waals surface area (Å²) >= 11 is 5.98. The van der Waals surface area contributed by atoms with Gasteiger partial charge in [0.2, 0.25) is 5.91 Å². The molecule has 0 spiro atoms. The van der Waals surface area contributed by atoms with Crippen LogP contribution in [0.5, 0.6) is 0 Å². The van der Waals surface area contributed by atoms with Crippen LogP contribution in [0.15, 0.2) is 24.3 Å². The fraction of sp³-hybridized carbons (Fsp3) is 0.533. The predicted molar refractivity (Wildman–Crippen MR) is 78.1 cm³/mol. The van der Waals surface area contributed by atoms with Crippen LogP contribution < -0.4 is 5.32 Å². The first-order valence-electron chi connectivity index (χ1n) is 6.49. The molecule has 0 saturated carbocycles. The van der Waals surface area contributed by atoms with E-state index in [1.165, 1.54) is 0 Å². The van der Waals surface area contributed by atoms with Gasteiger partial charge in [-0.1, -0.05) is 50.6 Å². The Labute approximate surface area is 120 Å². The molecule has 0 radical (unpaired) electrons. The standard InChI is InChI=1S/C15H22ClNO2/c1-15(2,3)9-8-14(19)17-10-13(18)11-6-4-5-7-12(11)16/h4-7,13,18H,8-10H2,1-3H3,(H,17,19). The molecule has 19 heavy (non-hydrogen) atoms. The molecule has 0 saturated heterocycles. The molecular weight excluding hydrogens is 262 g/mol. The van der Waals surface area contributed by atoms with Crippen molar-refractivity contribution in [2.24, 2.45) is 5.41 Å². The summed E-state index contributed by atoms with van der Waals surface area (Å²) < 4.78 is 0. The van der Waals surface area contributed by atoms with Crippen molar-refractivity contribution >= 4 is 17.5 Å². The highest BCUT2D eigenvalue weighted by molar-refractivity contribution is 6.31. The van der Waals surface area contributed by atoms with E-state index in [0.29, 0.717) is 17.0 Å². The number of carbonyl (C=O) groups excluding carboxylic acids is 1. The molecule has 2 N–H and O–H groups in total. The van der Waals surface area contributed by atoms with E-state index in [2.05, 4.69) is 26.1 Å². The zero-order chi connectivity index (χ0) is 14.5. The minimum absolute atomic E-state index is 0.0407. The number of aliphatic hydroxyl groups excluding tert-OH is 1. The van der Waals surface area contributed by atoms with Crippen LogP contribution in [0.4, 0.5) is 0 Å². The predicted octanol–water partition coefficient (Wildman–Crippen LogP) is 3.32. The van der Waals surface area contributed by atoms with Crippen LogP contribution in [0.2, 0.25) is 5.02 Å². The van der Waals surface area contributed by atoms with Crippen LogP contribution in [0, 0.1) is 5.41 Å². The molecule has 0 aliphatic carbocycles. The van der Waals surface area contributed by atoms with E-state index in [9.17, 15) is 9.90 Å². The Bertz CT molecular complexity index is 426. The number of halogens is 1. The van der Waals surface area contributed by atoms with Crippen molar-refractivity contribution in [3.8, 4) is 0 Å². The normalized spacial score (nSPS) is 13.1. The third-order valence-corrected chi connectivity index (χ3v) is 3.20. The fourth-order valence-corrected chi connectivity index (χ4v) is 1.90. The van der Waals surface area contributed by atoms with E-state index in [0.717, 1.165) is 6.42 Å². The van der Waals surface area contributed by atoms with Gasteiger partial charge >= 0.3 is 0 Å². The molecule has 0 aliphatic heterocycles. The number of rotatable bonds is 5. The lowest BCUT2D eigenvalue weighted by Gasteiger charge is -2.18. The smallest absolute Gasteiger partial charge is 0.220 e. The van der Waals surface area contributed by atoms with Crippen LogP contribution in [0.1, 0.15) is 45.3 Å². The summed E-state index contributed by atoms with van der Waals surface area (Å²) in [6.45, 7) is 6.48. The molecule has 1 rings (SSSR count). The third-order valence-electron chi connectivity index (χ3n) is 2.86. The second-order valence-electron chi connectivity index (χ2n) is 5.90. The largest absolute Gasteiger partial charge is 0.387 e. The summed E-state index contributed by atoms with van der Waals surface area (Å²) in [5.41, 5.74) is 0.777. The van der Waals surface area contributed by atoms with Gasteiger partial charge in [-0.3, -0.25) is 4.79 Å². The Morgan fingerprint density at radius 2 is 2.00 bits per heavy atom. The number of benzene rings is 1. The second-order valence-corrected chi connectivity index (χ2v) is 6.31. The van der Waals surface area contributed by atoms with E-state index >= 15 is 0 Å². The van der Waals surface area contributed by atoms with Gasteiger partial charge in [0.15, 0.2) is 0 Å². The van der Waals surface area contributed by atoms with E-state index < -0.39 is 6.10 Å². The molecule has 1 amide bonds. The van der Waals surface area contributed by atoms with Gasteiger partial charge in [0.05, 0.1) is 6.10 Å². The van der Waals surface area contributed by atoms with Gasteiger partial charge in [0, 0.05) is 23.6 Å². The maximum atomic E-state index is 11.7. The number of hydrogen-bond acceptors (Lipinski definition) is 2. The molecule has 106 valence electrons. The van der Waals surface area contributed by atoms with Gasteiger partial charge in [0.1, 0.15) is 0 Å². The highest BCUT2D eigenvalue weighted by Gasteiger charge is 2.15. The number of amides is 1. The van der Waals surface area contributed by atoms with Gasteiger partial charge in [-0.2, -0.15) is 0 Å². The first kappa shape index (κ1) is 16.0. The maximum Gasteiger partial charge on any atom is 0.220 e. The lowest BCUT2D eigenvalue weighted by atomic mass is 9.90. The Hall–Kier alpha value is -1.06. The summed E-state index contributed by atoms with van der Waals surface area (Å²) in [4.78, 5) is 11.7. The zero-order valence-corrected chi connectivity index (χ0v) is 12.5. The maximum absolute atomic E-state index is 11.7. The SMILES string of the molecule is CC(C)(C)CCC(=O)NCC(O)c1ccccc1Cl. The first-order chi connectivity index (χ1) is 8.79. The van der Waals surface area contributed by atoms with Crippen LogP contribution in [-0.4, -0.2) is 17.6 Å². The van der Waals surface area contributed by atoms with E-state index in [-0.39, 0.29) is 17.9 Å². The highest BCUT2D eigenvalue weighted by atomic mass is 35.5. The zero-order valence-electron chi connectivity index (χ0n) is 11.7. The summed E-state index contributed by atoms with van der Waals surface area (Å²) in [7, 11) is 0. The Morgan fingerprint density at radius 3 is 2.58 bits per heavy atom. The number of aliphatic hydroxyl groups is 1. The molecule has 4 heteroatoms. The van der Waals surface area contributed by atoms with Crippen molar-refractivity contribution < 1.29 is 9.90 Å². The van der Waals surface area contributed by atoms with Gasteiger partial charge in [-0.05, 0) is 17.9 Å². The quantitative estimate of drug-likeness (QED) is 0.871. The summed E-state index contributed by atoms with van der Waals surface area (Å²) in [6.07, 6.45) is 0.520. The van der Waals surface area contributed by atoms with Crippen molar-refractivity contribution in [2.45, 2.75) is 39.7 Å². The summed E-state index contributed by atoms with van der Waals surface area (Å²) in [6, 6.07) is 7.10. The molecule has 1 aromatic carbocycles. The number of carbonyl (C=O) groups is 1. The van der Waals surface area contributed by atoms with Crippen molar-refractivity contribution in [1.29, 1.82) is 0 Å². The molecule has 0 bridgehead atoms. The lowest BCUT2D eigenvalue weighted by Crippen LogP contribution is -2.29. The molecular formula is C15H22ClNO2. The highest BCUT2D eigenvalue weighted by Crippen LogP contribution is 2.22. The number of hydrogen-bond donors (Lipinski definition) is 2. The molecule has 0 aromatic heterocycles. The molecule has 1 unspecified atom stereocenters.